The van der Waals surface area contributed by atoms with E-state index in [2.05, 4.69) is 24.9 Å². The third-order valence-corrected chi connectivity index (χ3v) is 5.91. The van der Waals surface area contributed by atoms with Gasteiger partial charge in [-0.05, 0) is 17.7 Å². The molecule has 0 spiro atoms. The van der Waals surface area contributed by atoms with Crippen molar-refractivity contribution in [2.75, 3.05) is 38.3 Å². The van der Waals surface area contributed by atoms with Gasteiger partial charge in [0.05, 0.1) is 41.8 Å². The quantitative estimate of drug-likeness (QED) is 0.662. The van der Waals surface area contributed by atoms with Crippen LogP contribution >= 0.6 is 22.9 Å². The number of thiophene rings is 1. The predicted molar refractivity (Wildman–Crippen MR) is 106 cm³/mol. The van der Waals surface area contributed by atoms with Crippen molar-refractivity contribution in [1.29, 1.82) is 0 Å². The summed E-state index contributed by atoms with van der Waals surface area (Å²) in [5.74, 6) is 1.28. The molecule has 0 bridgehead atoms. The lowest BCUT2D eigenvalue weighted by molar-refractivity contribution is 0.123. The molecule has 7 nitrogen and oxygen atoms in total. The lowest BCUT2D eigenvalue weighted by Gasteiger charge is -2.28. The molecule has 1 N–H and O–H groups in total. The predicted octanol–water partition coefficient (Wildman–Crippen LogP) is 4.25. The molecule has 3 aromatic rings. The lowest BCUT2D eigenvalue weighted by atomic mass is 10.0. The standard InChI is InChI=1S/C18H16ClN5O2S/c1-20-15-14(12-4-3-11(25-2)9-13(12)19)16(17-21-10-22-23-17)27-18(15)24-5-7-26-8-6-24/h3-4,9-10H,5-8H2,2H3,(H,21,22,23). The Labute approximate surface area is 165 Å². The summed E-state index contributed by atoms with van der Waals surface area (Å²) in [5, 5.41) is 9.48. The lowest BCUT2D eigenvalue weighted by Crippen LogP contribution is -2.35. The molecule has 27 heavy (non-hydrogen) atoms. The second-order valence-corrected chi connectivity index (χ2v) is 7.26. The van der Waals surface area contributed by atoms with Gasteiger partial charge < -0.3 is 19.4 Å². The molecule has 1 aromatic carbocycles. The van der Waals surface area contributed by atoms with E-state index in [9.17, 15) is 0 Å². The third kappa shape index (κ3) is 3.25. The van der Waals surface area contributed by atoms with Crippen LogP contribution in [0.4, 0.5) is 10.7 Å². The summed E-state index contributed by atoms with van der Waals surface area (Å²) in [6, 6.07) is 5.47. The zero-order valence-electron chi connectivity index (χ0n) is 14.5. The number of aromatic nitrogens is 3. The molecule has 1 aliphatic rings. The Balaban J connectivity index is 1.93. The Hall–Kier alpha value is -2.60. The van der Waals surface area contributed by atoms with Gasteiger partial charge in [0.1, 0.15) is 12.1 Å². The molecule has 0 saturated carbocycles. The van der Waals surface area contributed by atoms with Gasteiger partial charge in [-0.2, -0.15) is 0 Å². The summed E-state index contributed by atoms with van der Waals surface area (Å²) >= 11 is 8.06. The van der Waals surface area contributed by atoms with Crippen LogP contribution in [0.3, 0.4) is 0 Å². The van der Waals surface area contributed by atoms with E-state index >= 15 is 0 Å². The number of nitrogens with one attached hydrogen (secondary N) is 1. The van der Waals surface area contributed by atoms with Crippen molar-refractivity contribution >= 4 is 33.6 Å². The number of hydrogen-bond donors (Lipinski definition) is 1. The number of rotatable bonds is 4. The van der Waals surface area contributed by atoms with Gasteiger partial charge in [-0.3, -0.25) is 0 Å². The minimum atomic E-state index is 0.520. The average Bonchev–Trinajstić information content (AvgIpc) is 3.36. The topological polar surface area (TPSA) is 67.6 Å². The largest absolute Gasteiger partial charge is 0.497 e. The fraction of sp³-hybridized carbons (Fsp3) is 0.278. The minimum absolute atomic E-state index is 0.520. The van der Waals surface area contributed by atoms with Gasteiger partial charge in [-0.25, -0.2) is 4.85 Å². The highest BCUT2D eigenvalue weighted by atomic mass is 35.5. The second kappa shape index (κ2) is 7.56. The fourth-order valence-electron chi connectivity index (χ4n) is 3.05. The number of nitrogens with zero attached hydrogens (tertiary/aromatic N) is 4. The molecule has 1 saturated heterocycles. The number of hydrogen-bond acceptors (Lipinski definition) is 6. The van der Waals surface area contributed by atoms with Gasteiger partial charge in [0.2, 0.25) is 5.69 Å². The SMILES string of the molecule is [C-]#[N+]c1c(N2CCOCC2)sc(-c2nnc[nH]2)c1-c1ccc(OC)cc1Cl. The van der Waals surface area contributed by atoms with Crippen LogP contribution in [0.1, 0.15) is 0 Å². The first-order valence-corrected chi connectivity index (χ1v) is 9.49. The molecule has 1 fully saturated rings. The van der Waals surface area contributed by atoms with E-state index in [0.29, 0.717) is 35.5 Å². The number of halogens is 1. The third-order valence-electron chi connectivity index (χ3n) is 4.35. The van der Waals surface area contributed by atoms with E-state index in [1.807, 2.05) is 12.1 Å². The number of ether oxygens (including phenoxy) is 2. The van der Waals surface area contributed by atoms with E-state index in [1.165, 1.54) is 17.7 Å². The van der Waals surface area contributed by atoms with Crippen molar-refractivity contribution in [3.63, 3.8) is 0 Å². The zero-order valence-corrected chi connectivity index (χ0v) is 16.1. The van der Waals surface area contributed by atoms with Gasteiger partial charge in [0.25, 0.3) is 0 Å². The molecule has 0 amide bonds. The maximum Gasteiger partial charge on any atom is 0.229 e. The highest BCUT2D eigenvalue weighted by Crippen LogP contribution is 2.53. The highest BCUT2D eigenvalue weighted by Gasteiger charge is 2.27. The van der Waals surface area contributed by atoms with E-state index in [1.54, 1.807) is 13.2 Å². The number of methoxy groups -OCH3 is 1. The van der Waals surface area contributed by atoms with Crippen molar-refractivity contribution in [2.45, 2.75) is 0 Å². The van der Waals surface area contributed by atoms with Crippen molar-refractivity contribution in [3.8, 4) is 27.6 Å². The molecule has 138 valence electrons. The maximum absolute atomic E-state index is 7.84. The average molecular weight is 402 g/mol. The molecule has 1 aliphatic heterocycles. The first kappa shape index (κ1) is 17.8. The van der Waals surface area contributed by atoms with E-state index < -0.39 is 0 Å². The molecule has 3 heterocycles. The summed E-state index contributed by atoms with van der Waals surface area (Å²) in [6.07, 6.45) is 1.53. The summed E-state index contributed by atoms with van der Waals surface area (Å²) < 4.78 is 10.7. The Morgan fingerprint density at radius 2 is 2.19 bits per heavy atom. The van der Waals surface area contributed by atoms with E-state index in [-0.39, 0.29) is 0 Å². The number of morpholine rings is 1. The van der Waals surface area contributed by atoms with Gasteiger partial charge >= 0.3 is 0 Å². The first-order valence-electron chi connectivity index (χ1n) is 8.30. The second-order valence-electron chi connectivity index (χ2n) is 5.85. The molecular weight excluding hydrogens is 386 g/mol. The molecular formula is C18H16ClN5O2S. The van der Waals surface area contributed by atoms with Gasteiger partial charge in [0.15, 0.2) is 5.82 Å². The van der Waals surface area contributed by atoms with Crippen LogP contribution in [-0.2, 0) is 4.74 Å². The molecule has 0 radical (unpaired) electrons. The van der Waals surface area contributed by atoms with Crippen LogP contribution in [0.5, 0.6) is 5.75 Å². The van der Waals surface area contributed by atoms with Crippen LogP contribution in [-0.4, -0.2) is 48.6 Å². The molecule has 0 unspecified atom stereocenters. The van der Waals surface area contributed by atoms with Gasteiger partial charge in [-0.1, -0.05) is 17.7 Å². The van der Waals surface area contributed by atoms with Gasteiger partial charge in [0, 0.05) is 18.7 Å². The van der Waals surface area contributed by atoms with Crippen LogP contribution in [0, 0.1) is 6.57 Å². The summed E-state index contributed by atoms with van der Waals surface area (Å²) in [7, 11) is 1.59. The smallest absolute Gasteiger partial charge is 0.229 e. The van der Waals surface area contributed by atoms with Gasteiger partial charge in [-0.15, -0.1) is 21.5 Å². The molecule has 0 atom stereocenters. The van der Waals surface area contributed by atoms with Crippen molar-refractivity contribution in [2.24, 2.45) is 0 Å². The number of benzene rings is 1. The first-order chi connectivity index (χ1) is 13.2. The molecule has 0 aliphatic carbocycles. The zero-order chi connectivity index (χ0) is 18.8. The van der Waals surface area contributed by atoms with E-state index in [4.69, 9.17) is 27.6 Å². The Kier molecular flexibility index (Phi) is 4.99. The van der Waals surface area contributed by atoms with Crippen molar-refractivity contribution < 1.29 is 9.47 Å². The summed E-state index contributed by atoms with van der Waals surface area (Å²) in [4.78, 5) is 9.93. The molecule has 4 rings (SSSR count). The maximum atomic E-state index is 7.84. The Morgan fingerprint density at radius 3 is 2.81 bits per heavy atom. The highest BCUT2D eigenvalue weighted by molar-refractivity contribution is 7.20. The fourth-order valence-corrected chi connectivity index (χ4v) is 4.57. The number of anilines is 1. The van der Waals surface area contributed by atoms with Crippen LogP contribution in [0.15, 0.2) is 24.5 Å². The Bertz CT molecular complexity index is 990. The molecule has 2 aromatic heterocycles. The Morgan fingerprint density at radius 1 is 1.37 bits per heavy atom. The molecule has 9 heteroatoms. The number of aromatic amines is 1. The van der Waals surface area contributed by atoms with E-state index in [0.717, 1.165) is 34.1 Å². The summed E-state index contributed by atoms with van der Waals surface area (Å²) in [6.45, 7) is 10.6. The normalized spacial score (nSPS) is 14.2. The van der Waals surface area contributed by atoms with Crippen molar-refractivity contribution in [3.05, 3.63) is 41.0 Å². The monoisotopic (exact) mass is 401 g/mol. The van der Waals surface area contributed by atoms with Crippen molar-refractivity contribution in [1.82, 2.24) is 15.2 Å². The van der Waals surface area contributed by atoms with Crippen LogP contribution in [0.25, 0.3) is 26.7 Å². The van der Waals surface area contributed by atoms with Crippen LogP contribution < -0.4 is 9.64 Å². The summed E-state index contributed by atoms with van der Waals surface area (Å²) in [5.41, 5.74) is 2.10. The minimum Gasteiger partial charge on any atom is -0.497 e. The van der Waals surface area contributed by atoms with Crippen LogP contribution in [0.2, 0.25) is 5.02 Å². The number of H-pyrrole nitrogens is 1.